The van der Waals surface area contributed by atoms with Crippen molar-refractivity contribution in [1.29, 1.82) is 0 Å². The molecule has 0 unspecified atom stereocenters. The second-order valence-corrected chi connectivity index (χ2v) is 7.63. The van der Waals surface area contributed by atoms with E-state index in [-0.39, 0.29) is 11.2 Å². The molecular formula is C19H24N4OS. The Hall–Kier alpha value is -2.08. The van der Waals surface area contributed by atoms with Gasteiger partial charge in [0.25, 0.3) is 0 Å². The van der Waals surface area contributed by atoms with E-state index in [2.05, 4.69) is 22.1 Å². The molecule has 1 fully saturated rings. The summed E-state index contributed by atoms with van der Waals surface area (Å²) >= 11 is 1.45. The molecule has 1 saturated carbocycles. The second-order valence-electron chi connectivity index (χ2n) is 6.32. The number of nitrogens with one attached hydrogen (secondary N) is 1. The first kappa shape index (κ1) is 17.7. The van der Waals surface area contributed by atoms with Crippen molar-refractivity contribution in [3.63, 3.8) is 0 Å². The zero-order valence-electron chi connectivity index (χ0n) is 14.5. The fraction of sp³-hybridized carbons (Fsp3) is 0.421. The number of rotatable bonds is 7. The van der Waals surface area contributed by atoms with Crippen LogP contribution in [0.1, 0.15) is 32.6 Å². The lowest BCUT2D eigenvalue weighted by molar-refractivity contribution is -0.120. The van der Waals surface area contributed by atoms with E-state index in [1.165, 1.54) is 24.6 Å². The van der Waals surface area contributed by atoms with Crippen molar-refractivity contribution in [2.24, 2.45) is 0 Å². The summed E-state index contributed by atoms with van der Waals surface area (Å²) in [5.41, 5.74) is 1.01. The summed E-state index contributed by atoms with van der Waals surface area (Å²) in [5.74, 6) is 0.873. The molecule has 5 nitrogen and oxygen atoms in total. The van der Waals surface area contributed by atoms with Crippen LogP contribution >= 0.6 is 11.8 Å². The van der Waals surface area contributed by atoms with Crippen LogP contribution in [0.2, 0.25) is 0 Å². The summed E-state index contributed by atoms with van der Waals surface area (Å²) in [6.07, 6.45) is 6.42. The maximum atomic E-state index is 12.4. The lowest BCUT2D eigenvalue weighted by Gasteiger charge is -2.16. The first-order chi connectivity index (χ1) is 12.2. The summed E-state index contributed by atoms with van der Waals surface area (Å²) in [4.78, 5) is 12.4. The fourth-order valence-corrected chi connectivity index (χ4v) is 3.94. The molecule has 2 aromatic rings. The number of hydrogen-bond acceptors (Lipinski definition) is 4. The van der Waals surface area contributed by atoms with Crippen LogP contribution in [0.3, 0.4) is 0 Å². The van der Waals surface area contributed by atoms with Crippen molar-refractivity contribution in [3.8, 4) is 11.4 Å². The third-order valence-corrected chi connectivity index (χ3v) is 5.49. The molecule has 0 radical (unpaired) electrons. The highest BCUT2D eigenvalue weighted by Crippen LogP contribution is 2.27. The van der Waals surface area contributed by atoms with Crippen molar-refractivity contribution < 1.29 is 4.79 Å². The number of carbonyl (C=O) groups excluding carboxylic acids is 1. The molecule has 0 bridgehead atoms. The Balaban J connectivity index is 1.74. The Morgan fingerprint density at radius 3 is 2.76 bits per heavy atom. The van der Waals surface area contributed by atoms with Gasteiger partial charge in [-0.05, 0) is 19.8 Å². The van der Waals surface area contributed by atoms with Gasteiger partial charge in [-0.3, -0.25) is 9.36 Å². The van der Waals surface area contributed by atoms with E-state index >= 15 is 0 Å². The van der Waals surface area contributed by atoms with E-state index in [1.807, 2.05) is 47.9 Å². The minimum Gasteiger partial charge on any atom is -0.352 e. The molecule has 0 aliphatic heterocycles. The summed E-state index contributed by atoms with van der Waals surface area (Å²) in [5, 5.41) is 12.3. The highest BCUT2D eigenvalue weighted by atomic mass is 32.2. The van der Waals surface area contributed by atoms with Crippen LogP contribution in [0.15, 0.2) is 48.1 Å². The normalized spacial score (nSPS) is 15.9. The van der Waals surface area contributed by atoms with Crippen molar-refractivity contribution >= 4 is 17.7 Å². The van der Waals surface area contributed by atoms with Crippen LogP contribution in [0.5, 0.6) is 0 Å². The number of aromatic nitrogens is 3. The Morgan fingerprint density at radius 1 is 1.36 bits per heavy atom. The van der Waals surface area contributed by atoms with E-state index < -0.39 is 0 Å². The van der Waals surface area contributed by atoms with Gasteiger partial charge in [-0.1, -0.05) is 61.0 Å². The predicted molar refractivity (Wildman–Crippen MR) is 101 cm³/mol. The quantitative estimate of drug-likeness (QED) is 0.607. The number of hydrogen-bond donors (Lipinski definition) is 1. The number of nitrogens with zero attached hydrogens (tertiary/aromatic N) is 3. The number of benzene rings is 1. The Labute approximate surface area is 152 Å². The van der Waals surface area contributed by atoms with Gasteiger partial charge in [0.05, 0.1) is 5.25 Å². The number of allylic oxidation sites excluding steroid dienone is 1. The molecule has 1 aliphatic carbocycles. The Morgan fingerprint density at radius 2 is 2.08 bits per heavy atom. The minimum absolute atomic E-state index is 0.0753. The van der Waals surface area contributed by atoms with Crippen molar-refractivity contribution in [2.75, 3.05) is 0 Å². The average Bonchev–Trinajstić information content (AvgIpc) is 3.26. The van der Waals surface area contributed by atoms with Crippen LogP contribution in [0.25, 0.3) is 11.4 Å². The predicted octanol–water partition coefficient (Wildman–Crippen LogP) is 3.67. The van der Waals surface area contributed by atoms with Gasteiger partial charge in [0.15, 0.2) is 11.0 Å². The zero-order valence-corrected chi connectivity index (χ0v) is 15.3. The standard InChI is InChI=1S/C19H24N4OS/c1-3-13-23-17(15-9-5-4-6-10-15)21-22-19(23)25-14(2)18(24)20-16-11-7-8-12-16/h3-6,9-10,14,16H,1,7-8,11-13H2,2H3,(H,20,24)/t14-/m1/s1. The average molecular weight is 356 g/mol. The molecule has 6 heteroatoms. The fourth-order valence-electron chi connectivity index (χ4n) is 3.07. The van der Waals surface area contributed by atoms with E-state index in [4.69, 9.17) is 0 Å². The van der Waals surface area contributed by atoms with Gasteiger partial charge in [0, 0.05) is 18.2 Å². The van der Waals surface area contributed by atoms with Gasteiger partial charge in [-0.2, -0.15) is 0 Å². The molecule has 1 N–H and O–H groups in total. The van der Waals surface area contributed by atoms with E-state index in [0.29, 0.717) is 12.6 Å². The first-order valence-corrected chi connectivity index (χ1v) is 9.63. The molecule has 25 heavy (non-hydrogen) atoms. The molecular weight excluding hydrogens is 332 g/mol. The molecule has 1 aromatic carbocycles. The van der Waals surface area contributed by atoms with Gasteiger partial charge >= 0.3 is 0 Å². The van der Waals surface area contributed by atoms with Gasteiger partial charge in [-0.15, -0.1) is 16.8 Å². The van der Waals surface area contributed by atoms with Crippen LogP contribution < -0.4 is 5.32 Å². The van der Waals surface area contributed by atoms with Crippen LogP contribution in [-0.4, -0.2) is 32.0 Å². The summed E-state index contributed by atoms with van der Waals surface area (Å²) < 4.78 is 2.01. The van der Waals surface area contributed by atoms with E-state index in [0.717, 1.165) is 29.4 Å². The molecule has 1 amide bonds. The van der Waals surface area contributed by atoms with Crippen molar-refractivity contribution in [3.05, 3.63) is 43.0 Å². The lowest BCUT2D eigenvalue weighted by Crippen LogP contribution is -2.37. The Bertz CT molecular complexity index is 722. The van der Waals surface area contributed by atoms with Crippen LogP contribution in [0.4, 0.5) is 0 Å². The topological polar surface area (TPSA) is 59.8 Å². The first-order valence-electron chi connectivity index (χ1n) is 8.75. The molecule has 0 saturated heterocycles. The lowest BCUT2D eigenvalue weighted by atomic mass is 10.2. The summed E-state index contributed by atoms with van der Waals surface area (Å²) in [7, 11) is 0. The van der Waals surface area contributed by atoms with Crippen molar-refractivity contribution in [2.45, 2.75) is 55.6 Å². The van der Waals surface area contributed by atoms with Gasteiger partial charge in [0.2, 0.25) is 5.91 Å². The maximum absolute atomic E-state index is 12.4. The second kappa shape index (κ2) is 8.34. The van der Waals surface area contributed by atoms with Crippen LogP contribution in [0, 0.1) is 0 Å². The highest BCUT2D eigenvalue weighted by Gasteiger charge is 2.23. The van der Waals surface area contributed by atoms with Crippen LogP contribution in [-0.2, 0) is 11.3 Å². The third kappa shape index (κ3) is 4.31. The highest BCUT2D eigenvalue weighted by molar-refractivity contribution is 8.00. The number of carbonyl (C=O) groups is 1. The van der Waals surface area contributed by atoms with Crippen molar-refractivity contribution in [1.82, 2.24) is 20.1 Å². The molecule has 1 heterocycles. The molecule has 3 rings (SSSR count). The van der Waals surface area contributed by atoms with E-state index in [1.54, 1.807) is 0 Å². The zero-order chi connectivity index (χ0) is 17.6. The van der Waals surface area contributed by atoms with Gasteiger partial charge in [-0.25, -0.2) is 0 Å². The number of amides is 1. The Kier molecular flexibility index (Phi) is 5.91. The van der Waals surface area contributed by atoms with Gasteiger partial charge < -0.3 is 5.32 Å². The number of thioether (sulfide) groups is 1. The maximum Gasteiger partial charge on any atom is 0.233 e. The molecule has 0 spiro atoms. The molecule has 132 valence electrons. The molecule has 1 atom stereocenters. The summed E-state index contributed by atoms with van der Waals surface area (Å²) in [6.45, 7) is 6.36. The summed E-state index contributed by atoms with van der Waals surface area (Å²) in [6, 6.07) is 10.3. The third-order valence-electron chi connectivity index (χ3n) is 4.41. The van der Waals surface area contributed by atoms with E-state index in [9.17, 15) is 4.79 Å². The molecule has 1 aromatic heterocycles. The SMILES string of the molecule is C=CCn1c(S[C@H](C)C(=O)NC2CCCC2)nnc1-c1ccccc1. The largest absolute Gasteiger partial charge is 0.352 e. The molecule has 1 aliphatic rings. The monoisotopic (exact) mass is 356 g/mol. The minimum atomic E-state index is -0.211. The van der Waals surface area contributed by atoms with Gasteiger partial charge in [0.1, 0.15) is 0 Å². The smallest absolute Gasteiger partial charge is 0.233 e.